The summed E-state index contributed by atoms with van der Waals surface area (Å²) >= 11 is 1.07. The minimum atomic E-state index is -1.01. The molecule has 3 rings (SSSR count). The normalized spacial score (nSPS) is 12.0. The zero-order valence-electron chi connectivity index (χ0n) is 16.4. The largest absolute Gasteiger partial charge is 0.477 e. The lowest BCUT2D eigenvalue weighted by Gasteiger charge is -2.10. The van der Waals surface area contributed by atoms with Crippen LogP contribution in [0.1, 0.15) is 60.6 Å². The van der Waals surface area contributed by atoms with E-state index in [9.17, 15) is 14.7 Å². The number of nitrogens with zero attached hydrogens (tertiary/aromatic N) is 3. The second-order valence-electron chi connectivity index (χ2n) is 6.90. The molecule has 1 unspecified atom stereocenters. The molecule has 3 aromatic rings. The van der Waals surface area contributed by atoms with Crippen LogP contribution in [-0.2, 0) is 0 Å². The first-order valence-corrected chi connectivity index (χ1v) is 9.64. The smallest absolute Gasteiger partial charge is 0.347 e. The molecule has 0 aliphatic carbocycles. The van der Waals surface area contributed by atoms with E-state index in [4.69, 9.17) is 0 Å². The summed E-state index contributed by atoms with van der Waals surface area (Å²) in [5.74, 6) is -1.34. The fourth-order valence-electron chi connectivity index (χ4n) is 3.05. The van der Waals surface area contributed by atoms with Gasteiger partial charge in [-0.15, -0.1) is 11.3 Å². The molecule has 2 heterocycles. The number of hydrogen-bond donors (Lipinski definition) is 2. The van der Waals surface area contributed by atoms with Gasteiger partial charge in [0.15, 0.2) is 5.69 Å². The highest BCUT2D eigenvalue weighted by Crippen LogP contribution is 2.24. The van der Waals surface area contributed by atoms with Crippen molar-refractivity contribution in [1.29, 1.82) is 0 Å². The Kier molecular flexibility index (Phi) is 5.33. The fraction of sp³-hybridized carbons (Fsp3) is 0.300. The van der Waals surface area contributed by atoms with Crippen LogP contribution in [0.4, 0.5) is 0 Å². The lowest BCUT2D eigenvalue weighted by Crippen LogP contribution is -2.27. The molecular formula is C20H22N4O3S. The van der Waals surface area contributed by atoms with Crippen molar-refractivity contribution in [1.82, 2.24) is 20.1 Å². The van der Waals surface area contributed by atoms with Gasteiger partial charge in [-0.2, -0.15) is 5.10 Å². The first-order chi connectivity index (χ1) is 13.2. The average molecular weight is 398 g/mol. The molecule has 0 saturated carbocycles. The van der Waals surface area contributed by atoms with E-state index in [2.05, 4.69) is 21.5 Å². The average Bonchev–Trinajstić information content (AvgIpc) is 3.17. The van der Waals surface area contributed by atoms with Gasteiger partial charge in [-0.05, 0) is 63.9 Å². The summed E-state index contributed by atoms with van der Waals surface area (Å²) in [6, 6.07) is 7.43. The molecule has 1 atom stereocenters. The molecule has 1 amide bonds. The molecule has 146 valence electrons. The summed E-state index contributed by atoms with van der Waals surface area (Å²) < 4.78 is 1.75. The van der Waals surface area contributed by atoms with E-state index in [-0.39, 0.29) is 10.8 Å². The van der Waals surface area contributed by atoms with Crippen LogP contribution in [0.25, 0.3) is 5.69 Å². The fourth-order valence-corrected chi connectivity index (χ4v) is 3.96. The van der Waals surface area contributed by atoms with Crippen molar-refractivity contribution in [3.8, 4) is 5.69 Å². The predicted octanol–water partition coefficient (Wildman–Crippen LogP) is 3.75. The molecule has 1 aromatic carbocycles. The third kappa shape index (κ3) is 3.96. The minimum Gasteiger partial charge on any atom is -0.477 e. The summed E-state index contributed by atoms with van der Waals surface area (Å²) in [4.78, 5) is 28.3. The molecular weight excluding hydrogens is 376 g/mol. The third-order valence-electron chi connectivity index (χ3n) is 4.30. The van der Waals surface area contributed by atoms with Gasteiger partial charge >= 0.3 is 5.97 Å². The number of hydrogen-bond acceptors (Lipinski definition) is 5. The lowest BCUT2D eigenvalue weighted by atomic mass is 10.1. The van der Waals surface area contributed by atoms with Crippen molar-refractivity contribution in [2.75, 3.05) is 0 Å². The number of carboxylic acids is 1. The van der Waals surface area contributed by atoms with Gasteiger partial charge < -0.3 is 10.4 Å². The molecule has 0 bridgehead atoms. The molecule has 7 nitrogen and oxygen atoms in total. The Morgan fingerprint density at radius 3 is 2.32 bits per heavy atom. The molecule has 8 heteroatoms. The number of carbonyl (C=O) groups excluding carboxylic acids is 1. The number of carboxylic acid groups (broad SMARTS) is 1. The van der Waals surface area contributed by atoms with Crippen LogP contribution < -0.4 is 5.32 Å². The number of aromatic nitrogens is 3. The number of amides is 1. The van der Waals surface area contributed by atoms with Gasteiger partial charge in [-0.3, -0.25) is 4.79 Å². The number of benzene rings is 1. The lowest BCUT2D eigenvalue weighted by molar-refractivity contribution is 0.0701. The summed E-state index contributed by atoms with van der Waals surface area (Å²) in [7, 11) is 0. The number of aryl methyl sites for hydroxylation is 4. The molecule has 28 heavy (non-hydrogen) atoms. The van der Waals surface area contributed by atoms with Gasteiger partial charge in [0.1, 0.15) is 9.88 Å². The van der Waals surface area contributed by atoms with Crippen molar-refractivity contribution >= 4 is 23.2 Å². The first kappa shape index (κ1) is 19.8. The first-order valence-electron chi connectivity index (χ1n) is 8.82. The Bertz CT molecular complexity index is 1050. The predicted molar refractivity (Wildman–Crippen MR) is 107 cm³/mol. The van der Waals surface area contributed by atoms with Crippen molar-refractivity contribution in [2.24, 2.45) is 0 Å². The van der Waals surface area contributed by atoms with Crippen molar-refractivity contribution in [3.63, 3.8) is 0 Å². The minimum absolute atomic E-state index is 0.186. The maximum atomic E-state index is 12.7. The van der Waals surface area contributed by atoms with Crippen LogP contribution in [0.2, 0.25) is 0 Å². The molecule has 0 fully saturated rings. The van der Waals surface area contributed by atoms with Gasteiger partial charge in [-0.1, -0.05) is 6.07 Å². The van der Waals surface area contributed by atoms with E-state index >= 15 is 0 Å². The summed E-state index contributed by atoms with van der Waals surface area (Å²) in [6.07, 6.45) is 0. The Balaban J connectivity index is 1.82. The van der Waals surface area contributed by atoms with Gasteiger partial charge in [0.05, 0.1) is 17.4 Å². The zero-order chi connectivity index (χ0) is 20.6. The Hall–Kier alpha value is -3.00. The van der Waals surface area contributed by atoms with E-state index < -0.39 is 12.0 Å². The second kappa shape index (κ2) is 7.55. The quantitative estimate of drug-likeness (QED) is 0.682. The van der Waals surface area contributed by atoms with Gasteiger partial charge in [0.25, 0.3) is 5.91 Å². The molecule has 0 aliphatic rings. The summed E-state index contributed by atoms with van der Waals surface area (Å²) in [5.41, 5.74) is 4.75. The van der Waals surface area contributed by atoms with E-state index in [1.54, 1.807) is 24.6 Å². The van der Waals surface area contributed by atoms with Crippen LogP contribution in [0.15, 0.2) is 24.3 Å². The Labute approximate surface area is 167 Å². The highest BCUT2D eigenvalue weighted by molar-refractivity contribution is 7.13. The van der Waals surface area contributed by atoms with E-state index in [1.807, 2.05) is 32.9 Å². The van der Waals surface area contributed by atoms with Crippen LogP contribution >= 0.6 is 11.3 Å². The van der Waals surface area contributed by atoms with Crippen molar-refractivity contribution < 1.29 is 14.7 Å². The van der Waals surface area contributed by atoms with Gasteiger partial charge in [-0.25, -0.2) is 14.5 Å². The number of rotatable bonds is 5. The highest BCUT2D eigenvalue weighted by Gasteiger charge is 2.21. The topological polar surface area (TPSA) is 97.1 Å². The zero-order valence-corrected chi connectivity index (χ0v) is 17.2. The van der Waals surface area contributed by atoms with E-state index in [1.165, 1.54) is 0 Å². The van der Waals surface area contributed by atoms with Crippen LogP contribution in [0, 0.1) is 27.7 Å². The number of thiazole rings is 1. The van der Waals surface area contributed by atoms with Crippen LogP contribution in [0.3, 0.4) is 0 Å². The number of aromatic carboxylic acids is 1. The van der Waals surface area contributed by atoms with E-state index in [0.717, 1.165) is 33.8 Å². The van der Waals surface area contributed by atoms with Crippen molar-refractivity contribution in [3.05, 3.63) is 62.4 Å². The second-order valence-corrected chi connectivity index (χ2v) is 7.93. The van der Waals surface area contributed by atoms with Crippen LogP contribution in [-0.4, -0.2) is 31.7 Å². The number of nitrogens with one attached hydrogen (secondary N) is 1. The molecule has 2 N–H and O–H groups in total. The Morgan fingerprint density at radius 1 is 1.11 bits per heavy atom. The molecule has 2 aromatic heterocycles. The summed E-state index contributed by atoms with van der Waals surface area (Å²) in [5, 5.41) is 17.0. The van der Waals surface area contributed by atoms with Crippen LogP contribution in [0.5, 0.6) is 0 Å². The number of carbonyl (C=O) groups is 2. The maximum Gasteiger partial charge on any atom is 0.347 e. The monoisotopic (exact) mass is 398 g/mol. The molecule has 0 radical (unpaired) electrons. The Morgan fingerprint density at radius 2 is 1.75 bits per heavy atom. The summed E-state index contributed by atoms with van der Waals surface area (Å²) in [6.45, 7) is 9.36. The molecule has 0 aliphatic heterocycles. The molecule has 0 saturated heterocycles. The molecule has 0 spiro atoms. The SMILES string of the molecule is Cc1cc(C)cc(-n2nc(C(=O)NC(C)c3nc(C)c(C(=O)O)s3)cc2C)c1. The van der Waals surface area contributed by atoms with E-state index in [0.29, 0.717) is 16.4 Å². The van der Waals surface area contributed by atoms with Crippen molar-refractivity contribution in [2.45, 2.75) is 40.7 Å². The van der Waals surface area contributed by atoms with Gasteiger partial charge in [0, 0.05) is 5.69 Å². The van der Waals surface area contributed by atoms with Gasteiger partial charge in [0.2, 0.25) is 0 Å². The highest BCUT2D eigenvalue weighted by atomic mass is 32.1. The standard InChI is InChI=1S/C20H22N4O3S/c1-10-6-11(2)8-15(7-10)24-12(3)9-16(23-24)18(25)21-14(5)19-22-13(4)17(28-19)20(26)27/h6-9,14H,1-5H3,(H,21,25)(H,26,27). The maximum absolute atomic E-state index is 12.7. The third-order valence-corrected chi connectivity index (χ3v) is 5.62.